The fraction of sp³-hybridized carbons (Fsp3) is 0.250. The summed E-state index contributed by atoms with van der Waals surface area (Å²) in [5.41, 5.74) is -0.516. The Morgan fingerprint density at radius 2 is 2.18 bits per heavy atom. The molecule has 90 valence electrons. The quantitative estimate of drug-likeness (QED) is 0.894. The van der Waals surface area contributed by atoms with Crippen LogP contribution >= 0.6 is 11.6 Å². The van der Waals surface area contributed by atoms with Crippen molar-refractivity contribution in [3.8, 4) is 0 Å². The Balaban J connectivity index is 2.57. The molecule has 0 radical (unpaired) electrons. The van der Waals surface area contributed by atoms with Crippen molar-refractivity contribution in [3.63, 3.8) is 0 Å². The van der Waals surface area contributed by atoms with E-state index < -0.39 is 11.4 Å². The summed E-state index contributed by atoms with van der Waals surface area (Å²) in [6.07, 6.45) is 1.45. The minimum atomic E-state index is -1.38. The molecule has 0 aliphatic rings. The second-order valence-corrected chi connectivity index (χ2v) is 4.45. The standard InChI is InChI=1S/C12H12ClFN2O/c1-12(17,8-4-3-5-9(14)6-8)11-10(13)7-15-16(11)2/h3-7,17H,1-2H3. The second kappa shape index (κ2) is 4.13. The molecule has 0 bridgehead atoms. The maximum Gasteiger partial charge on any atom is 0.130 e. The van der Waals surface area contributed by atoms with Crippen molar-refractivity contribution >= 4 is 11.6 Å². The fourth-order valence-corrected chi connectivity index (χ4v) is 2.24. The molecule has 5 heteroatoms. The van der Waals surface area contributed by atoms with E-state index in [1.54, 1.807) is 26.1 Å². The number of hydrogen-bond acceptors (Lipinski definition) is 2. The highest BCUT2D eigenvalue weighted by atomic mass is 35.5. The summed E-state index contributed by atoms with van der Waals surface area (Å²) in [7, 11) is 1.68. The maximum atomic E-state index is 13.2. The van der Waals surface area contributed by atoms with Crippen molar-refractivity contribution in [1.82, 2.24) is 9.78 Å². The van der Waals surface area contributed by atoms with Crippen LogP contribution in [0.3, 0.4) is 0 Å². The highest BCUT2D eigenvalue weighted by Gasteiger charge is 2.31. The number of aliphatic hydroxyl groups is 1. The monoisotopic (exact) mass is 254 g/mol. The van der Waals surface area contributed by atoms with Crippen LogP contribution in [-0.4, -0.2) is 14.9 Å². The molecule has 1 heterocycles. The van der Waals surface area contributed by atoms with E-state index in [0.29, 0.717) is 16.3 Å². The normalized spacial score (nSPS) is 14.6. The third-order valence-electron chi connectivity index (χ3n) is 2.74. The Morgan fingerprint density at radius 1 is 1.47 bits per heavy atom. The molecule has 17 heavy (non-hydrogen) atoms. The van der Waals surface area contributed by atoms with Crippen molar-refractivity contribution < 1.29 is 9.50 Å². The van der Waals surface area contributed by atoms with Crippen LogP contribution in [0, 0.1) is 5.82 Å². The molecule has 0 aliphatic heterocycles. The molecule has 2 rings (SSSR count). The number of hydrogen-bond donors (Lipinski definition) is 1. The highest BCUT2D eigenvalue weighted by molar-refractivity contribution is 6.31. The first-order chi connectivity index (χ1) is 7.93. The van der Waals surface area contributed by atoms with Gasteiger partial charge in [0.2, 0.25) is 0 Å². The second-order valence-electron chi connectivity index (χ2n) is 4.05. The van der Waals surface area contributed by atoms with Gasteiger partial charge in [-0.05, 0) is 24.6 Å². The topological polar surface area (TPSA) is 38.0 Å². The number of halogens is 2. The maximum absolute atomic E-state index is 13.2. The van der Waals surface area contributed by atoms with Crippen LogP contribution in [-0.2, 0) is 12.6 Å². The predicted molar refractivity (Wildman–Crippen MR) is 63.3 cm³/mol. The fourth-order valence-electron chi connectivity index (χ4n) is 1.89. The average molecular weight is 255 g/mol. The zero-order chi connectivity index (χ0) is 12.6. The molecule has 1 aromatic heterocycles. The Morgan fingerprint density at radius 3 is 2.71 bits per heavy atom. The van der Waals surface area contributed by atoms with E-state index in [4.69, 9.17) is 11.6 Å². The van der Waals surface area contributed by atoms with Gasteiger partial charge >= 0.3 is 0 Å². The lowest BCUT2D eigenvalue weighted by atomic mass is 9.92. The third kappa shape index (κ3) is 2.06. The van der Waals surface area contributed by atoms with Gasteiger partial charge in [0.25, 0.3) is 0 Å². The molecule has 0 saturated carbocycles. The van der Waals surface area contributed by atoms with Crippen LogP contribution < -0.4 is 0 Å². The molecular weight excluding hydrogens is 243 g/mol. The molecule has 1 N–H and O–H groups in total. The van der Waals surface area contributed by atoms with Crippen LogP contribution in [0.15, 0.2) is 30.5 Å². The van der Waals surface area contributed by atoms with E-state index in [0.717, 1.165) is 0 Å². The summed E-state index contributed by atoms with van der Waals surface area (Å²) in [5, 5.41) is 14.8. The number of nitrogens with zero attached hydrogens (tertiary/aromatic N) is 2. The van der Waals surface area contributed by atoms with Crippen LogP contribution in [0.4, 0.5) is 4.39 Å². The Hall–Kier alpha value is -1.39. The lowest BCUT2D eigenvalue weighted by molar-refractivity contribution is 0.0926. The van der Waals surface area contributed by atoms with Crippen LogP contribution in [0.2, 0.25) is 5.02 Å². The lowest BCUT2D eigenvalue weighted by Crippen LogP contribution is -2.26. The summed E-state index contributed by atoms with van der Waals surface area (Å²) >= 11 is 5.98. The zero-order valence-electron chi connectivity index (χ0n) is 9.48. The minimum Gasteiger partial charge on any atom is -0.379 e. The Labute approximate surface area is 103 Å². The number of aromatic nitrogens is 2. The van der Waals surface area contributed by atoms with Gasteiger partial charge in [-0.3, -0.25) is 4.68 Å². The van der Waals surface area contributed by atoms with Gasteiger partial charge < -0.3 is 5.11 Å². The van der Waals surface area contributed by atoms with Gasteiger partial charge in [0.15, 0.2) is 0 Å². The third-order valence-corrected chi connectivity index (χ3v) is 3.02. The molecule has 0 saturated heterocycles. The van der Waals surface area contributed by atoms with E-state index in [2.05, 4.69) is 5.10 Å². The molecule has 1 atom stereocenters. The zero-order valence-corrected chi connectivity index (χ0v) is 10.2. The van der Waals surface area contributed by atoms with Crippen molar-refractivity contribution in [1.29, 1.82) is 0 Å². The predicted octanol–water partition coefficient (Wildman–Crippen LogP) is 2.47. The summed E-state index contributed by atoms with van der Waals surface area (Å²) in [5.74, 6) is -0.402. The molecule has 3 nitrogen and oxygen atoms in total. The first kappa shape index (κ1) is 12.1. The van der Waals surface area contributed by atoms with E-state index in [1.165, 1.54) is 23.0 Å². The van der Waals surface area contributed by atoms with Crippen LogP contribution in [0.25, 0.3) is 0 Å². The van der Waals surface area contributed by atoms with Gasteiger partial charge in [-0.2, -0.15) is 5.10 Å². The smallest absolute Gasteiger partial charge is 0.130 e. The van der Waals surface area contributed by atoms with Gasteiger partial charge in [-0.25, -0.2) is 4.39 Å². The molecule has 2 aromatic rings. The first-order valence-electron chi connectivity index (χ1n) is 5.09. The SMILES string of the molecule is Cn1ncc(Cl)c1C(C)(O)c1cccc(F)c1. The van der Waals surface area contributed by atoms with Gasteiger partial charge in [-0.15, -0.1) is 0 Å². The Bertz CT molecular complexity index is 532. The van der Waals surface area contributed by atoms with E-state index in [9.17, 15) is 9.50 Å². The van der Waals surface area contributed by atoms with Crippen molar-refractivity contribution in [2.45, 2.75) is 12.5 Å². The van der Waals surface area contributed by atoms with E-state index in [-0.39, 0.29) is 0 Å². The van der Waals surface area contributed by atoms with Crippen molar-refractivity contribution in [2.24, 2.45) is 7.05 Å². The Kier molecular flexibility index (Phi) is 2.93. The van der Waals surface area contributed by atoms with E-state index >= 15 is 0 Å². The first-order valence-corrected chi connectivity index (χ1v) is 5.47. The van der Waals surface area contributed by atoms with Gasteiger partial charge in [0.1, 0.15) is 11.4 Å². The van der Waals surface area contributed by atoms with Gasteiger partial charge in [0, 0.05) is 7.05 Å². The van der Waals surface area contributed by atoms with Gasteiger partial charge in [-0.1, -0.05) is 23.7 Å². The van der Waals surface area contributed by atoms with Gasteiger partial charge in [0.05, 0.1) is 16.9 Å². The molecule has 1 unspecified atom stereocenters. The van der Waals surface area contributed by atoms with Crippen molar-refractivity contribution in [2.75, 3.05) is 0 Å². The summed E-state index contributed by atoms with van der Waals surface area (Å²) < 4.78 is 14.7. The number of rotatable bonds is 2. The summed E-state index contributed by atoms with van der Waals surface area (Å²) in [6.45, 7) is 1.56. The van der Waals surface area contributed by atoms with Crippen LogP contribution in [0.1, 0.15) is 18.2 Å². The molecular formula is C12H12ClFN2O. The molecule has 0 fully saturated rings. The largest absolute Gasteiger partial charge is 0.379 e. The highest BCUT2D eigenvalue weighted by Crippen LogP contribution is 2.33. The number of aryl methyl sites for hydroxylation is 1. The van der Waals surface area contributed by atoms with E-state index in [1.807, 2.05) is 0 Å². The number of benzene rings is 1. The van der Waals surface area contributed by atoms with Crippen LogP contribution in [0.5, 0.6) is 0 Å². The van der Waals surface area contributed by atoms with Crippen molar-refractivity contribution in [3.05, 3.63) is 52.6 Å². The molecule has 0 amide bonds. The summed E-state index contributed by atoms with van der Waals surface area (Å²) in [6, 6.07) is 5.80. The average Bonchev–Trinajstić information content (AvgIpc) is 2.59. The molecule has 1 aromatic carbocycles. The molecule has 0 aliphatic carbocycles. The lowest BCUT2D eigenvalue weighted by Gasteiger charge is -2.24. The summed E-state index contributed by atoms with van der Waals surface area (Å²) in [4.78, 5) is 0. The molecule has 0 spiro atoms. The minimum absolute atomic E-state index is 0.349.